The van der Waals surface area contributed by atoms with E-state index in [2.05, 4.69) is 31.4 Å². The monoisotopic (exact) mass is 578 g/mol. The lowest BCUT2D eigenvalue weighted by molar-refractivity contribution is -0.113. The minimum absolute atomic E-state index is 0.0963. The van der Waals surface area contributed by atoms with Crippen LogP contribution in [0.3, 0.4) is 0 Å². The standard InChI is InChI=1S/C24H18BrClF2N4O2S/c1-2-34-16-9-7-15(8-10-16)32-23(17-5-3-4-6-19(17)26)30-31-24(32)35-13-21(33)29-22-18(25)11-14(27)12-20(22)28/h3-12H,2,13H2,1H3,(H,29,33). The van der Waals surface area contributed by atoms with Crippen molar-refractivity contribution in [1.82, 2.24) is 14.8 Å². The number of nitrogens with zero attached hydrogens (tertiary/aromatic N) is 3. The fraction of sp³-hybridized carbons (Fsp3) is 0.125. The van der Waals surface area contributed by atoms with Gasteiger partial charge in [-0.15, -0.1) is 10.2 Å². The second-order valence-corrected chi connectivity index (χ2v) is 9.33. The summed E-state index contributed by atoms with van der Waals surface area (Å²) in [6.07, 6.45) is 0. The Morgan fingerprint density at radius 3 is 2.57 bits per heavy atom. The first-order valence-electron chi connectivity index (χ1n) is 10.4. The SMILES string of the molecule is CCOc1ccc(-n2c(SCC(=O)Nc3c(F)cc(F)cc3Br)nnc2-c2ccccc2Cl)cc1. The van der Waals surface area contributed by atoms with Crippen LogP contribution < -0.4 is 10.1 Å². The molecule has 0 aliphatic rings. The highest BCUT2D eigenvalue weighted by Crippen LogP contribution is 2.33. The van der Waals surface area contributed by atoms with Crippen LogP contribution in [0.1, 0.15) is 6.92 Å². The zero-order valence-corrected chi connectivity index (χ0v) is 21.4. The molecule has 1 amide bonds. The van der Waals surface area contributed by atoms with Gasteiger partial charge >= 0.3 is 0 Å². The average molecular weight is 580 g/mol. The van der Waals surface area contributed by atoms with E-state index in [1.165, 1.54) is 0 Å². The van der Waals surface area contributed by atoms with E-state index in [0.717, 1.165) is 23.5 Å². The number of aromatic nitrogens is 3. The number of nitrogens with one attached hydrogen (secondary N) is 1. The topological polar surface area (TPSA) is 69.0 Å². The van der Waals surface area contributed by atoms with Gasteiger partial charge in [-0.1, -0.05) is 35.5 Å². The van der Waals surface area contributed by atoms with Gasteiger partial charge < -0.3 is 10.1 Å². The van der Waals surface area contributed by atoms with Crippen molar-refractivity contribution < 1.29 is 18.3 Å². The van der Waals surface area contributed by atoms with Gasteiger partial charge in [0.1, 0.15) is 11.6 Å². The Labute approximate surface area is 217 Å². The first kappa shape index (κ1) is 25.2. The van der Waals surface area contributed by atoms with Crippen LogP contribution in [-0.2, 0) is 4.79 Å². The number of thioether (sulfide) groups is 1. The smallest absolute Gasteiger partial charge is 0.234 e. The van der Waals surface area contributed by atoms with E-state index in [0.29, 0.717) is 40.0 Å². The third-order valence-electron chi connectivity index (χ3n) is 4.76. The van der Waals surface area contributed by atoms with E-state index in [1.54, 1.807) is 10.6 Å². The largest absolute Gasteiger partial charge is 0.494 e. The fourth-order valence-corrected chi connectivity index (χ4v) is 4.72. The highest BCUT2D eigenvalue weighted by molar-refractivity contribution is 9.10. The first-order chi connectivity index (χ1) is 16.9. The molecule has 0 fully saturated rings. The maximum atomic E-state index is 14.1. The molecule has 1 heterocycles. The Morgan fingerprint density at radius 2 is 1.89 bits per heavy atom. The van der Waals surface area contributed by atoms with E-state index in [-0.39, 0.29) is 15.9 Å². The maximum Gasteiger partial charge on any atom is 0.234 e. The number of ether oxygens (including phenoxy) is 1. The van der Waals surface area contributed by atoms with Crippen LogP contribution in [-0.4, -0.2) is 33.0 Å². The van der Waals surface area contributed by atoms with Gasteiger partial charge in [0.2, 0.25) is 5.91 Å². The minimum atomic E-state index is -0.881. The van der Waals surface area contributed by atoms with Crippen molar-refractivity contribution in [2.75, 3.05) is 17.7 Å². The van der Waals surface area contributed by atoms with Crippen molar-refractivity contribution in [3.8, 4) is 22.8 Å². The molecule has 0 unspecified atom stereocenters. The van der Waals surface area contributed by atoms with Crippen LogP contribution >= 0.6 is 39.3 Å². The molecule has 0 aliphatic carbocycles. The summed E-state index contributed by atoms with van der Waals surface area (Å²) < 4.78 is 34.8. The van der Waals surface area contributed by atoms with Crippen LogP contribution in [0.25, 0.3) is 17.1 Å². The van der Waals surface area contributed by atoms with Crippen molar-refractivity contribution in [2.24, 2.45) is 0 Å². The lowest BCUT2D eigenvalue weighted by atomic mass is 10.2. The summed E-state index contributed by atoms with van der Waals surface area (Å²) in [4.78, 5) is 12.6. The lowest BCUT2D eigenvalue weighted by Crippen LogP contribution is -2.16. The Morgan fingerprint density at radius 1 is 1.14 bits per heavy atom. The average Bonchev–Trinajstić information content (AvgIpc) is 3.25. The predicted molar refractivity (Wildman–Crippen MR) is 136 cm³/mol. The zero-order valence-electron chi connectivity index (χ0n) is 18.3. The first-order valence-corrected chi connectivity index (χ1v) is 12.5. The van der Waals surface area contributed by atoms with Crippen molar-refractivity contribution in [3.05, 3.63) is 81.8 Å². The molecule has 35 heavy (non-hydrogen) atoms. The molecule has 0 aliphatic heterocycles. The summed E-state index contributed by atoms with van der Waals surface area (Å²) in [7, 11) is 0. The van der Waals surface area contributed by atoms with Gasteiger partial charge in [0.05, 0.1) is 23.1 Å². The molecule has 1 aromatic heterocycles. The lowest BCUT2D eigenvalue weighted by Gasteiger charge is -2.12. The number of carbonyl (C=O) groups excluding carboxylic acids is 1. The number of anilines is 1. The molecule has 4 rings (SSSR count). The Hall–Kier alpha value is -2.95. The molecule has 0 saturated heterocycles. The Kier molecular flexibility index (Phi) is 8.04. The van der Waals surface area contributed by atoms with Gasteiger partial charge in [0.25, 0.3) is 0 Å². The van der Waals surface area contributed by atoms with Gasteiger partial charge in [-0.25, -0.2) is 8.78 Å². The van der Waals surface area contributed by atoms with E-state index in [9.17, 15) is 13.6 Å². The molecule has 0 atom stereocenters. The van der Waals surface area contributed by atoms with Gasteiger partial charge in [0, 0.05) is 21.8 Å². The molecule has 4 aromatic rings. The summed E-state index contributed by atoms with van der Waals surface area (Å²) in [5.41, 5.74) is 1.27. The van der Waals surface area contributed by atoms with Crippen LogP contribution in [0.15, 0.2) is 70.3 Å². The van der Waals surface area contributed by atoms with E-state index >= 15 is 0 Å². The van der Waals surface area contributed by atoms with Gasteiger partial charge in [-0.05, 0) is 65.3 Å². The highest BCUT2D eigenvalue weighted by atomic mass is 79.9. The molecule has 1 N–H and O–H groups in total. The molecule has 0 bridgehead atoms. The number of hydrogen-bond acceptors (Lipinski definition) is 5. The van der Waals surface area contributed by atoms with Crippen molar-refractivity contribution in [3.63, 3.8) is 0 Å². The van der Waals surface area contributed by atoms with E-state index in [4.69, 9.17) is 16.3 Å². The van der Waals surface area contributed by atoms with Crippen LogP contribution in [0.4, 0.5) is 14.5 Å². The summed E-state index contributed by atoms with van der Waals surface area (Å²) in [5.74, 6) is -1.02. The molecule has 3 aromatic carbocycles. The van der Waals surface area contributed by atoms with Crippen molar-refractivity contribution in [2.45, 2.75) is 12.1 Å². The number of amides is 1. The van der Waals surface area contributed by atoms with Gasteiger partial charge in [0.15, 0.2) is 16.8 Å². The number of rotatable bonds is 8. The number of halogens is 4. The van der Waals surface area contributed by atoms with Gasteiger partial charge in [-0.3, -0.25) is 9.36 Å². The van der Waals surface area contributed by atoms with E-state index in [1.807, 2.05) is 49.4 Å². The molecule has 180 valence electrons. The maximum absolute atomic E-state index is 14.1. The molecular formula is C24H18BrClF2N4O2S. The predicted octanol–water partition coefficient (Wildman–Crippen LogP) is 6.76. The normalized spacial score (nSPS) is 10.9. The minimum Gasteiger partial charge on any atom is -0.494 e. The third-order valence-corrected chi connectivity index (χ3v) is 6.64. The van der Waals surface area contributed by atoms with Gasteiger partial charge in [-0.2, -0.15) is 0 Å². The molecular weight excluding hydrogens is 562 g/mol. The summed E-state index contributed by atoms with van der Waals surface area (Å²) >= 11 is 10.6. The number of carbonyl (C=O) groups is 1. The molecule has 0 radical (unpaired) electrons. The summed E-state index contributed by atoms with van der Waals surface area (Å²) in [6, 6.07) is 16.4. The highest BCUT2D eigenvalue weighted by Gasteiger charge is 2.20. The van der Waals surface area contributed by atoms with Crippen LogP contribution in [0.2, 0.25) is 5.02 Å². The molecule has 11 heteroatoms. The second-order valence-electron chi connectivity index (χ2n) is 7.13. The van der Waals surface area contributed by atoms with Crippen LogP contribution in [0.5, 0.6) is 5.75 Å². The molecule has 6 nitrogen and oxygen atoms in total. The summed E-state index contributed by atoms with van der Waals surface area (Å²) in [5, 5.41) is 12.0. The quantitative estimate of drug-likeness (QED) is 0.234. The molecule has 0 spiro atoms. The Bertz CT molecular complexity index is 1350. The third kappa shape index (κ3) is 5.83. The molecule has 0 saturated carbocycles. The zero-order chi connectivity index (χ0) is 24.9. The second kappa shape index (κ2) is 11.2. The van der Waals surface area contributed by atoms with Crippen molar-refractivity contribution >= 4 is 50.9 Å². The number of hydrogen-bond donors (Lipinski definition) is 1. The summed E-state index contributed by atoms with van der Waals surface area (Å²) in [6.45, 7) is 2.44. The number of benzene rings is 3. The van der Waals surface area contributed by atoms with Crippen molar-refractivity contribution in [1.29, 1.82) is 0 Å². The van der Waals surface area contributed by atoms with Crippen LogP contribution in [0, 0.1) is 11.6 Å². The Balaban J connectivity index is 1.62. The van der Waals surface area contributed by atoms with E-state index < -0.39 is 17.5 Å². The fourth-order valence-electron chi connectivity index (χ4n) is 3.24.